The van der Waals surface area contributed by atoms with Crippen LogP contribution >= 0.6 is 0 Å². The quantitative estimate of drug-likeness (QED) is 0.568. The predicted octanol–water partition coefficient (Wildman–Crippen LogP) is 1.95. The Morgan fingerprint density at radius 1 is 1.64 bits per heavy atom. The van der Waals surface area contributed by atoms with Gasteiger partial charge in [0.15, 0.2) is 0 Å². The van der Waals surface area contributed by atoms with Crippen LogP contribution < -0.4 is 0 Å². The molecule has 62 valence electrons. The maximum atomic E-state index is 9.51. The molecule has 0 aliphatic heterocycles. The first kappa shape index (κ1) is 8.41. The zero-order chi connectivity index (χ0) is 8.43. The molecule has 1 heteroatoms. The Labute approximate surface area is 68.4 Å². The zero-order valence-corrected chi connectivity index (χ0v) is 7.12. The van der Waals surface area contributed by atoms with Gasteiger partial charge in [0.25, 0.3) is 0 Å². The molecule has 1 N–H and O–H groups in total. The van der Waals surface area contributed by atoms with Gasteiger partial charge in [-0.05, 0) is 5.92 Å². The van der Waals surface area contributed by atoms with Crippen molar-refractivity contribution in [2.45, 2.75) is 20.0 Å². The van der Waals surface area contributed by atoms with E-state index in [2.05, 4.69) is 26.5 Å². The molecule has 11 heavy (non-hydrogen) atoms. The van der Waals surface area contributed by atoms with Crippen LogP contribution in [0.1, 0.15) is 13.8 Å². The summed E-state index contributed by atoms with van der Waals surface area (Å²) in [6.07, 6.45) is 5.48. The molecule has 0 bridgehead atoms. The van der Waals surface area contributed by atoms with Crippen molar-refractivity contribution in [3.63, 3.8) is 0 Å². The Balaban J connectivity index is 2.75. The van der Waals surface area contributed by atoms with Gasteiger partial charge in [0.1, 0.15) is 0 Å². The van der Waals surface area contributed by atoms with Crippen molar-refractivity contribution in [3.8, 4) is 0 Å². The molecule has 0 heterocycles. The van der Waals surface area contributed by atoms with Gasteiger partial charge in [-0.3, -0.25) is 0 Å². The van der Waals surface area contributed by atoms with Crippen molar-refractivity contribution in [1.82, 2.24) is 0 Å². The lowest BCUT2D eigenvalue weighted by molar-refractivity contribution is 0.124. The fourth-order valence-corrected chi connectivity index (χ4v) is 1.31. The average Bonchev–Trinajstić information content (AvgIpc) is 1.99. The second-order valence-electron chi connectivity index (χ2n) is 3.25. The molecular formula is C10H15O-. The maximum absolute atomic E-state index is 9.51. The molecule has 1 nitrogen and oxygen atoms in total. The van der Waals surface area contributed by atoms with E-state index in [4.69, 9.17) is 0 Å². The fourth-order valence-electron chi connectivity index (χ4n) is 1.31. The summed E-state index contributed by atoms with van der Waals surface area (Å²) >= 11 is 0. The topological polar surface area (TPSA) is 20.2 Å². The van der Waals surface area contributed by atoms with Crippen molar-refractivity contribution in [1.29, 1.82) is 0 Å². The molecule has 0 saturated carbocycles. The molecule has 0 aromatic heterocycles. The van der Waals surface area contributed by atoms with Crippen LogP contribution in [0.2, 0.25) is 0 Å². The first-order chi connectivity index (χ1) is 5.15. The van der Waals surface area contributed by atoms with E-state index < -0.39 is 0 Å². The number of rotatable bonds is 1. The summed E-state index contributed by atoms with van der Waals surface area (Å²) in [6, 6.07) is 0. The van der Waals surface area contributed by atoms with Crippen LogP contribution in [-0.2, 0) is 0 Å². The summed E-state index contributed by atoms with van der Waals surface area (Å²) in [7, 11) is 0. The van der Waals surface area contributed by atoms with Gasteiger partial charge in [-0.2, -0.15) is 30.7 Å². The van der Waals surface area contributed by atoms with E-state index in [1.54, 1.807) is 6.08 Å². The fraction of sp³-hybridized carbons (Fsp3) is 0.500. The minimum atomic E-state index is -0.303. The van der Waals surface area contributed by atoms with Gasteiger partial charge in [0, 0.05) is 6.10 Å². The van der Waals surface area contributed by atoms with Crippen molar-refractivity contribution < 1.29 is 5.11 Å². The van der Waals surface area contributed by atoms with E-state index in [9.17, 15) is 5.11 Å². The Morgan fingerprint density at radius 3 is 2.73 bits per heavy atom. The van der Waals surface area contributed by atoms with Crippen LogP contribution in [0.25, 0.3) is 0 Å². The normalized spacial score (nSPS) is 37.4. The first-order valence-corrected chi connectivity index (χ1v) is 4.02. The molecular weight excluding hydrogens is 136 g/mol. The summed E-state index contributed by atoms with van der Waals surface area (Å²) in [5.74, 6) is 0.779. The third-order valence-corrected chi connectivity index (χ3v) is 2.42. The highest BCUT2D eigenvalue weighted by atomic mass is 16.3. The van der Waals surface area contributed by atoms with Crippen LogP contribution in [0.15, 0.2) is 24.3 Å². The van der Waals surface area contributed by atoms with Gasteiger partial charge in [-0.25, -0.2) is 0 Å². The van der Waals surface area contributed by atoms with Gasteiger partial charge < -0.3 is 5.11 Å². The van der Waals surface area contributed by atoms with Gasteiger partial charge >= 0.3 is 0 Å². The second-order valence-corrected chi connectivity index (χ2v) is 3.25. The molecule has 0 aromatic rings. The van der Waals surface area contributed by atoms with Crippen molar-refractivity contribution in [3.05, 3.63) is 30.7 Å². The zero-order valence-electron chi connectivity index (χ0n) is 7.12. The van der Waals surface area contributed by atoms with Gasteiger partial charge in [-0.1, -0.05) is 19.8 Å². The molecule has 3 unspecified atom stereocenters. The van der Waals surface area contributed by atoms with Crippen LogP contribution in [0.5, 0.6) is 0 Å². The molecule has 1 aliphatic carbocycles. The summed E-state index contributed by atoms with van der Waals surface area (Å²) in [4.78, 5) is 0. The SMILES string of the molecule is C=CC1=CC(C)C(C)C(O)[CH-]1. The summed E-state index contributed by atoms with van der Waals surface area (Å²) in [5.41, 5.74) is 1.06. The third kappa shape index (κ3) is 1.66. The van der Waals surface area contributed by atoms with Crippen LogP contribution in [0, 0.1) is 18.3 Å². The van der Waals surface area contributed by atoms with Crippen LogP contribution in [0.3, 0.4) is 0 Å². The van der Waals surface area contributed by atoms with E-state index in [1.807, 2.05) is 6.42 Å². The number of allylic oxidation sites excluding steroid dienone is 2. The molecule has 0 saturated heterocycles. The lowest BCUT2D eigenvalue weighted by atomic mass is 9.81. The number of hydrogen-bond acceptors (Lipinski definition) is 1. The summed E-state index contributed by atoms with van der Waals surface area (Å²) in [6.45, 7) is 7.84. The molecule has 0 aromatic carbocycles. The Bertz CT molecular complexity index is 181. The molecule has 0 amide bonds. The summed E-state index contributed by atoms with van der Waals surface area (Å²) < 4.78 is 0. The largest absolute Gasteiger partial charge is 0.401 e. The van der Waals surface area contributed by atoms with E-state index >= 15 is 0 Å². The second kappa shape index (κ2) is 3.14. The lowest BCUT2D eigenvalue weighted by Crippen LogP contribution is -2.27. The minimum absolute atomic E-state index is 0.303. The Kier molecular flexibility index (Phi) is 2.40. The molecule has 0 radical (unpaired) electrons. The standard InChI is InChI=1S/C10H15O/c1-4-9-5-7(2)8(3)10(11)6-9/h4-8,10-11H,1H2,2-3H3/q-1. The molecule has 0 fully saturated rings. The molecule has 3 atom stereocenters. The third-order valence-electron chi connectivity index (χ3n) is 2.42. The number of aliphatic hydroxyl groups is 1. The maximum Gasteiger partial charge on any atom is 0.0315 e. The van der Waals surface area contributed by atoms with Crippen LogP contribution in [0.4, 0.5) is 0 Å². The molecule has 0 spiro atoms. The summed E-state index contributed by atoms with van der Waals surface area (Å²) in [5, 5.41) is 9.51. The monoisotopic (exact) mass is 151 g/mol. The lowest BCUT2D eigenvalue weighted by Gasteiger charge is -2.34. The van der Waals surface area contributed by atoms with E-state index in [0.717, 1.165) is 5.57 Å². The van der Waals surface area contributed by atoms with Crippen LogP contribution in [-0.4, -0.2) is 11.2 Å². The van der Waals surface area contributed by atoms with Gasteiger partial charge in [0.2, 0.25) is 0 Å². The van der Waals surface area contributed by atoms with Gasteiger partial charge in [0.05, 0.1) is 0 Å². The average molecular weight is 151 g/mol. The first-order valence-electron chi connectivity index (χ1n) is 4.02. The molecule has 1 rings (SSSR count). The smallest absolute Gasteiger partial charge is 0.0315 e. The molecule has 1 aliphatic rings. The van der Waals surface area contributed by atoms with Crippen molar-refractivity contribution in [2.75, 3.05) is 0 Å². The van der Waals surface area contributed by atoms with E-state index in [0.29, 0.717) is 11.8 Å². The minimum Gasteiger partial charge on any atom is -0.401 e. The van der Waals surface area contributed by atoms with Gasteiger partial charge in [-0.15, -0.1) is 0 Å². The highest BCUT2D eigenvalue weighted by Gasteiger charge is 2.18. The Hall–Kier alpha value is -0.690. The Morgan fingerprint density at radius 2 is 2.27 bits per heavy atom. The van der Waals surface area contributed by atoms with Crippen molar-refractivity contribution in [2.24, 2.45) is 11.8 Å². The predicted molar refractivity (Wildman–Crippen MR) is 46.9 cm³/mol. The van der Waals surface area contributed by atoms with Crippen molar-refractivity contribution >= 4 is 0 Å². The highest BCUT2D eigenvalue weighted by Crippen LogP contribution is 2.27. The highest BCUT2D eigenvalue weighted by molar-refractivity contribution is 5.30. The number of hydrogen-bond donors (Lipinski definition) is 1. The number of aliphatic hydroxyl groups excluding tert-OH is 1. The van der Waals surface area contributed by atoms with E-state index in [-0.39, 0.29) is 6.10 Å². The van der Waals surface area contributed by atoms with E-state index in [1.165, 1.54) is 0 Å².